The van der Waals surface area contributed by atoms with Crippen molar-refractivity contribution in [1.29, 1.82) is 0 Å². The Morgan fingerprint density at radius 3 is 2.33 bits per heavy atom. The lowest BCUT2D eigenvalue weighted by molar-refractivity contribution is -0.150. The number of hydrogen-bond acceptors (Lipinski definition) is 7. The molecule has 4 aliphatic carbocycles. The van der Waals surface area contributed by atoms with Gasteiger partial charge in [0, 0.05) is 40.9 Å². The van der Waals surface area contributed by atoms with E-state index in [0.29, 0.717) is 51.9 Å². The van der Waals surface area contributed by atoms with Crippen LogP contribution >= 0.6 is 23.2 Å². The molecule has 7 rings (SSSR count). The highest BCUT2D eigenvalue weighted by molar-refractivity contribution is 6.38. The quantitative estimate of drug-likeness (QED) is 0.269. The van der Waals surface area contributed by atoms with Crippen LogP contribution in [0.3, 0.4) is 0 Å². The van der Waals surface area contributed by atoms with Gasteiger partial charge in [0.15, 0.2) is 0 Å². The average Bonchev–Trinajstić information content (AvgIpc) is 3.71. The van der Waals surface area contributed by atoms with Crippen LogP contribution in [0.1, 0.15) is 79.0 Å². The molecule has 0 amide bonds. The molecule has 0 atom stereocenters. The average molecular weight is 573 g/mol. The Morgan fingerprint density at radius 1 is 1.05 bits per heavy atom. The molecule has 3 aromatic rings. The smallest absolute Gasteiger partial charge is 0.335 e. The highest BCUT2D eigenvalue weighted by Gasteiger charge is 2.50. The number of methoxy groups -OCH3 is 1. The normalized spacial score (nSPS) is 24.1. The van der Waals surface area contributed by atoms with E-state index >= 15 is 0 Å². The Hall–Kier alpha value is -2.81. The number of nitrogens with zero attached hydrogens (tertiary/aromatic N) is 2. The van der Waals surface area contributed by atoms with Crippen molar-refractivity contribution in [3.8, 4) is 22.8 Å². The predicted molar refractivity (Wildman–Crippen MR) is 145 cm³/mol. The van der Waals surface area contributed by atoms with Crippen LogP contribution in [0.25, 0.3) is 11.3 Å². The van der Waals surface area contributed by atoms with Gasteiger partial charge in [-0.25, -0.2) is 4.79 Å². The van der Waals surface area contributed by atoms with Crippen molar-refractivity contribution in [2.45, 2.75) is 69.5 Å². The van der Waals surface area contributed by atoms with E-state index in [1.807, 2.05) is 0 Å². The minimum atomic E-state index is -1.01. The van der Waals surface area contributed by atoms with E-state index in [9.17, 15) is 9.90 Å². The molecule has 4 aliphatic rings. The summed E-state index contributed by atoms with van der Waals surface area (Å²) in [6.45, 7) is 0.931. The van der Waals surface area contributed by atoms with Crippen LogP contribution in [-0.2, 0) is 11.3 Å². The Morgan fingerprint density at radius 2 is 1.72 bits per heavy atom. The molecule has 0 saturated heterocycles. The number of rotatable bonds is 10. The monoisotopic (exact) mass is 572 g/mol. The number of fused-ring (bicyclic) bond motifs is 3. The minimum Gasteiger partial charge on any atom is -0.497 e. The van der Waals surface area contributed by atoms with Crippen LogP contribution in [0.4, 0.5) is 0 Å². The lowest BCUT2D eigenvalue weighted by atomic mass is 9.59. The fourth-order valence-electron chi connectivity index (χ4n) is 5.98. The zero-order valence-electron chi connectivity index (χ0n) is 21.7. The Labute approximate surface area is 236 Å². The van der Waals surface area contributed by atoms with E-state index in [1.165, 1.54) is 13.2 Å². The SMILES string of the molecule is COc1cc(OCC23CCC(OCc4c(-c5c(Cl)cncc5Cl)noc4C4CC4)(CC2)CC3)cc(C(=O)O)c1. The molecule has 8 nitrogen and oxygen atoms in total. The first-order valence-corrected chi connectivity index (χ1v) is 14.0. The number of carboxylic acid groups (broad SMARTS) is 1. The topological polar surface area (TPSA) is 104 Å². The van der Waals surface area contributed by atoms with E-state index in [1.54, 1.807) is 24.5 Å². The lowest BCUT2D eigenvalue weighted by Crippen LogP contribution is -2.49. The molecule has 1 aromatic carbocycles. The van der Waals surface area contributed by atoms with Gasteiger partial charge in [-0.15, -0.1) is 0 Å². The van der Waals surface area contributed by atoms with E-state index in [2.05, 4.69) is 10.1 Å². The summed E-state index contributed by atoms with van der Waals surface area (Å²) in [6, 6.07) is 4.78. The Balaban J connectivity index is 1.14. The van der Waals surface area contributed by atoms with E-state index in [0.717, 1.165) is 62.7 Å². The zero-order valence-corrected chi connectivity index (χ0v) is 23.2. The molecule has 4 saturated carbocycles. The molecule has 2 heterocycles. The number of carbonyl (C=O) groups is 1. The summed E-state index contributed by atoms with van der Waals surface area (Å²) in [6.07, 6.45) is 11.0. The summed E-state index contributed by atoms with van der Waals surface area (Å²) in [5.41, 5.74) is 2.20. The molecule has 2 bridgehead atoms. The number of carboxylic acids is 1. The standard InChI is InChI=1S/C29H30Cl2N2O6/c1-36-19-10-18(27(34)35)11-20(12-19)37-16-28-4-7-29(8-5-28,9-6-28)38-15-21-25(33-39-26(21)17-2-3-17)24-22(30)13-32-14-23(24)31/h10-14,17H,2-9,15-16H2,1H3,(H,34,35). The lowest BCUT2D eigenvalue weighted by Gasteiger charge is -2.52. The molecule has 39 heavy (non-hydrogen) atoms. The van der Waals surface area contributed by atoms with Gasteiger partial charge in [-0.05, 0) is 63.5 Å². The highest BCUT2D eigenvalue weighted by Crippen LogP contribution is 2.55. The summed E-state index contributed by atoms with van der Waals surface area (Å²) in [5, 5.41) is 14.6. The molecular formula is C29H30Cl2N2O6. The van der Waals surface area contributed by atoms with E-state index in [4.69, 9.17) is 41.9 Å². The molecular weight excluding hydrogens is 543 g/mol. The number of aromatic carboxylic acids is 1. The largest absolute Gasteiger partial charge is 0.497 e. The second kappa shape index (κ2) is 10.3. The first-order chi connectivity index (χ1) is 18.8. The summed E-state index contributed by atoms with van der Waals surface area (Å²) in [5.74, 6) is 1.21. The Bertz CT molecular complexity index is 1360. The molecule has 4 fully saturated rings. The van der Waals surface area contributed by atoms with Crippen LogP contribution in [0.15, 0.2) is 35.1 Å². The fourth-order valence-corrected chi connectivity index (χ4v) is 6.53. The van der Waals surface area contributed by atoms with Crippen molar-refractivity contribution < 1.29 is 28.6 Å². The number of pyridine rings is 1. The maximum atomic E-state index is 11.5. The fraction of sp³-hybridized carbons (Fsp3) is 0.483. The highest BCUT2D eigenvalue weighted by atomic mass is 35.5. The second-order valence-electron chi connectivity index (χ2n) is 11.1. The first kappa shape index (κ1) is 26.4. The molecule has 0 aliphatic heterocycles. The third-order valence-corrected chi connectivity index (χ3v) is 9.19. The number of hydrogen-bond donors (Lipinski definition) is 1. The summed E-state index contributed by atoms with van der Waals surface area (Å²) >= 11 is 12.9. The van der Waals surface area contributed by atoms with Crippen molar-refractivity contribution in [3.63, 3.8) is 0 Å². The van der Waals surface area contributed by atoms with Gasteiger partial charge >= 0.3 is 5.97 Å². The van der Waals surface area contributed by atoms with Crippen LogP contribution in [-0.4, -0.2) is 40.5 Å². The third-order valence-electron chi connectivity index (χ3n) is 8.62. The molecule has 206 valence electrons. The summed E-state index contributed by atoms with van der Waals surface area (Å²) < 4.78 is 23.9. The molecule has 1 N–H and O–H groups in total. The van der Waals surface area contributed by atoms with Gasteiger partial charge in [0.2, 0.25) is 0 Å². The summed E-state index contributed by atoms with van der Waals surface area (Å²) in [7, 11) is 1.52. The van der Waals surface area contributed by atoms with Gasteiger partial charge in [-0.2, -0.15) is 0 Å². The van der Waals surface area contributed by atoms with Gasteiger partial charge < -0.3 is 23.8 Å². The van der Waals surface area contributed by atoms with E-state index < -0.39 is 5.97 Å². The third kappa shape index (κ3) is 5.22. The maximum absolute atomic E-state index is 11.5. The van der Waals surface area contributed by atoms with Crippen molar-refractivity contribution >= 4 is 29.2 Å². The minimum absolute atomic E-state index is 0.0528. The van der Waals surface area contributed by atoms with Crippen molar-refractivity contribution in [1.82, 2.24) is 10.1 Å². The maximum Gasteiger partial charge on any atom is 0.335 e. The first-order valence-electron chi connectivity index (χ1n) is 13.3. The predicted octanol–water partition coefficient (Wildman–Crippen LogP) is 7.32. The molecule has 0 spiro atoms. The van der Waals surface area contributed by atoms with Crippen molar-refractivity contribution in [3.05, 3.63) is 57.5 Å². The Kier molecular flexibility index (Phi) is 6.98. The van der Waals surface area contributed by atoms with Gasteiger partial charge in [0.25, 0.3) is 0 Å². The second-order valence-corrected chi connectivity index (χ2v) is 11.9. The number of halogens is 2. The van der Waals surface area contributed by atoms with Gasteiger partial charge in [0.1, 0.15) is 23.0 Å². The van der Waals surface area contributed by atoms with Gasteiger partial charge in [0.05, 0.1) is 41.5 Å². The van der Waals surface area contributed by atoms with Crippen LogP contribution < -0.4 is 9.47 Å². The molecule has 10 heteroatoms. The van der Waals surface area contributed by atoms with Gasteiger partial charge in [-0.3, -0.25) is 4.98 Å². The zero-order chi connectivity index (χ0) is 27.2. The van der Waals surface area contributed by atoms with Crippen LogP contribution in [0.5, 0.6) is 11.5 Å². The van der Waals surface area contributed by atoms with Crippen molar-refractivity contribution in [2.24, 2.45) is 5.41 Å². The van der Waals surface area contributed by atoms with Crippen molar-refractivity contribution in [2.75, 3.05) is 13.7 Å². The van der Waals surface area contributed by atoms with Gasteiger partial charge in [-0.1, -0.05) is 28.4 Å². The van der Waals surface area contributed by atoms with Crippen LogP contribution in [0.2, 0.25) is 10.0 Å². The number of benzene rings is 1. The molecule has 2 aromatic heterocycles. The number of aromatic nitrogens is 2. The summed E-state index contributed by atoms with van der Waals surface area (Å²) in [4.78, 5) is 15.5. The molecule has 0 radical (unpaired) electrons. The van der Waals surface area contributed by atoms with Crippen LogP contribution in [0, 0.1) is 5.41 Å². The number of ether oxygens (including phenoxy) is 3. The molecule has 0 unspecified atom stereocenters. The van der Waals surface area contributed by atoms with E-state index in [-0.39, 0.29) is 16.6 Å².